The van der Waals surface area contributed by atoms with Crippen LogP contribution in [0.25, 0.3) is 11.0 Å². The fraction of sp³-hybridized carbons (Fsp3) is 0.607. The van der Waals surface area contributed by atoms with E-state index in [1.807, 2.05) is 45.0 Å². The Morgan fingerprint density at radius 2 is 2.08 bits per heavy atom. The summed E-state index contributed by atoms with van der Waals surface area (Å²) in [6, 6.07) is 6.10. The lowest BCUT2D eigenvalue weighted by molar-refractivity contribution is -0.155. The first-order valence-corrected chi connectivity index (χ1v) is 14.4. The van der Waals surface area contributed by atoms with Crippen LogP contribution in [0, 0.1) is 17.8 Å². The van der Waals surface area contributed by atoms with Crippen molar-refractivity contribution < 1.29 is 24.2 Å². The normalized spacial score (nSPS) is 30.2. The van der Waals surface area contributed by atoms with Gasteiger partial charge in [-0.25, -0.2) is 4.68 Å². The molecule has 6 atom stereocenters. The third-order valence-electron chi connectivity index (χ3n) is 8.69. The van der Waals surface area contributed by atoms with Gasteiger partial charge in [0.05, 0.1) is 41.4 Å². The molecular weight excluding hydrogens is 518 g/mol. The number of carbonyl (C=O) groups is 3. The van der Waals surface area contributed by atoms with Gasteiger partial charge in [0.2, 0.25) is 11.8 Å². The van der Waals surface area contributed by atoms with Crippen molar-refractivity contribution in [2.24, 2.45) is 17.8 Å². The highest BCUT2D eigenvalue weighted by Gasteiger charge is 2.78. The molecule has 11 heteroatoms. The number of likely N-dealkylation sites (tertiary alicyclic amines) is 1. The van der Waals surface area contributed by atoms with E-state index in [2.05, 4.69) is 16.9 Å². The molecule has 2 unspecified atom stereocenters. The second-order valence-corrected chi connectivity index (χ2v) is 13.2. The summed E-state index contributed by atoms with van der Waals surface area (Å²) in [6.07, 6.45) is 2.97. The number of benzene rings is 1. The zero-order valence-corrected chi connectivity index (χ0v) is 23.8. The van der Waals surface area contributed by atoms with Crippen molar-refractivity contribution in [3.05, 3.63) is 36.9 Å². The number of nitrogens with zero attached hydrogens (tertiary/aromatic N) is 5. The number of esters is 1. The van der Waals surface area contributed by atoms with Crippen LogP contribution in [0.5, 0.6) is 0 Å². The lowest BCUT2D eigenvalue weighted by Gasteiger charge is -2.40. The summed E-state index contributed by atoms with van der Waals surface area (Å²) in [5, 5.41) is 18.9. The van der Waals surface area contributed by atoms with Gasteiger partial charge in [-0.2, -0.15) is 0 Å². The molecule has 3 aliphatic heterocycles. The Hall–Kier alpha value is -2.92. The van der Waals surface area contributed by atoms with E-state index in [1.54, 1.807) is 39.2 Å². The Kier molecular flexibility index (Phi) is 7.26. The largest absolute Gasteiger partial charge is 0.466 e. The van der Waals surface area contributed by atoms with Crippen LogP contribution in [0.2, 0.25) is 0 Å². The summed E-state index contributed by atoms with van der Waals surface area (Å²) >= 11 is 1.59. The zero-order valence-electron chi connectivity index (χ0n) is 22.9. The Morgan fingerprint density at radius 1 is 1.33 bits per heavy atom. The molecule has 0 saturated carbocycles. The minimum Gasteiger partial charge on any atom is -0.466 e. The third kappa shape index (κ3) is 4.16. The topological polar surface area (TPSA) is 118 Å². The van der Waals surface area contributed by atoms with Crippen LogP contribution in [0.15, 0.2) is 36.9 Å². The first kappa shape index (κ1) is 27.6. The molecule has 2 bridgehead atoms. The van der Waals surface area contributed by atoms with Crippen LogP contribution in [-0.4, -0.2) is 89.0 Å². The second kappa shape index (κ2) is 10.2. The van der Waals surface area contributed by atoms with Gasteiger partial charge in [0, 0.05) is 11.3 Å². The number of aromatic nitrogens is 3. The molecule has 5 rings (SSSR count). The van der Waals surface area contributed by atoms with E-state index < -0.39 is 33.4 Å². The van der Waals surface area contributed by atoms with Gasteiger partial charge >= 0.3 is 5.97 Å². The number of aliphatic hydroxyl groups is 1. The number of fused-ring (bicyclic) bond motifs is 2. The van der Waals surface area contributed by atoms with E-state index in [0.29, 0.717) is 12.8 Å². The maximum absolute atomic E-state index is 14.6. The van der Waals surface area contributed by atoms with E-state index in [4.69, 9.17) is 4.74 Å². The van der Waals surface area contributed by atoms with E-state index in [-0.39, 0.29) is 50.1 Å². The monoisotopic (exact) mass is 555 g/mol. The average molecular weight is 556 g/mol. The first-order chi connectivity index (χ1) is 18.6. The van der Waals surface area contributed by atoms with Gasteiger partial charge in [-0.15, -0.1) is 23.4 Å². The van der Waals surface area contributed by atoms with Crippen molar-refractivity contribution in [3.8, 4) is 0 Å². The van der Waals surface area contributed by atoms with Crippen molar-refractivity contribution in [1.29, 1.82) is 0 Å². The molecule has 2 aromatic rings. The lowest BCUT2D eigenvalue weighted by Crippen LogP contribution is -2.58. The summed E-state index contributed by atoms with van der Waals surface area (Å²) in [7, 11) is 0. The standard InChI is InChI=1S/C28H37N5O5S/c1-6-14-31(16-32-19-11-9-8-10-18(19)29-30-32)25(36)23-28-13-12-27(5,39-28)22(26(37)38-7-2)21(28)24(35)33(23)20(15-34)17(3)4/h6,8-11,17,20-23,34H,1,7,12-16H2,2-5H3/t20-,21-,22-,23?,27+,28?/m0/s1. The Bertz CT molecular complexity index is 1300. The minimum atomic E-state index is -0.851. The third-order valence-corrected chi connectivity index (χ3v) is 10.7. The average Bonchev–Trinajstić information content (AvgIpc) is 3.60. The number of thioether (sulfide) groups is 1. The molecule has 10 nitrogen and oxygen atoms in total. The Morgan fingerprint density at radius 3 is 2.74 bits per heavy atom. The molecule has 3 fully saturated rings. The summed E-state index contributed by atoms with van der Waals surface area (Å²) in [4.78, 5) is 45.4. The number of para-hydroxylation sites is 1. The molecule has 3 saturated heterocycles. The molecule has 0 aliphatic carbocycles. The Balaban J connectivity index is 1.59. The highest BCUT2D eigenvalue weighted by atomic mass is 32.2. The molecule has 1 N–H and O–H groups in total. The molecular formula is C28H37N5O5S. The van der Waals surface area contributed by atoms with E-state index in [0.717, 1.165) is 11.0 Å². The number of carbonyl (C=O) groups excluding carboxylic acids is 3. The van der Waals surface area contributed by atoms with Gasteiger partial charge in [0.1, 0.15) is 18.2 Å². The molecule has 3 aliphatic rings. The maximum atomic E-state index is 14.6. The van der Waals surface area contributed by atoms with E-state index in [1.165, 1.54) is 0 Å². The van der Waals surface area contributed by atoms with Crippen LogP contribution >= 0.6 is 11.8 Å². The van der Waals surface area contributed by atoms with Gasteiger partial charge in [0.25, 0.3) is 0 Å². The number of rotatable bonds is 10. The van der Waals surface area contributed by atoms with Crippen molar-refractivity contribution in [1.82, 2.24) is 24.8 Å². The quantitative estimate of drug-likeness (QED) is 0.351. The predicted octanol–water partition coefficient (Wildman–Crippen LogP) is 2.46. The highest BCUT2D eigenvalue weighted by molar-refractivity contribution is 8.02. The minimum absolute atomic E-state index is 0.101. The molecule has 1 spiro atoms. The van der Waals surface area contributed by atoms with Crippen LogP contribution < -0.4 is 0 Å². The van der Waals surface area contributed by atoms with Crippen LogP contribution in [0.3, 0.4) is 0 Å². The molecule has 4 heterocycles. The molecule has 2 amide bonds. The first-order valence-electron chi connectivity index (χ1n) is 13.6. The summed E-state index contributed by atoms with van der Waals surface area (Å²) < 4.78 is 5.82. The smallest absolute Gasteiger partial charge is 0.311 e. The van der Waals surface area contributed by atoms with Gasteiger partial charge in [-0.1, -0.05) is 37.3 Å². The molecule has 1 aromatic carbocycles. The highest BCUT2D eigenvalue weighted by Crippen LogP contribution is 2.72. The van der Waals surface area contributed by atoms with Crippen molar-refractivity contribution in [3.63, 3.8) is 0 Å². The molecule has 210 valence electrons. The predicted molar refractivity (Wildman–Crippen MR) is 147 cm³/mol. The molecule has 0 radical (unpaired) electrons. The lowest BCUT2D eigenvalue weighted by atomic mass is 9.66. The van der Waals surface area contributed by atoms with Crippen LogP contribution in [0.4, 0.5) is 0 Å². The van der Waals surface area contributed by atoms with Gasteiger partial charge in [0.15, 0.2) is 0 Å². The number of aliphatic hydroxyl groups excluding tert-OH is 1. The van der Waals surface area contributed by atoms with Crippen molar-refractivity contribution in [2.75, 3.05) is 19.8 Å². The summed E-state index contributed by atoms with van der Waals surface area (Å²) in [6.45, 7) is 11.8. The van der Waals surface area contributed by atoms with Gasteiger partial charge in [-0.05, 0) is 44.7 Å². The second-order valence-electron chi connectivity index (χ2n) is 11.3. The van der Waals surface area contributed by atoms with Gasteiger partial charge in [-0.3, -0.25) is 14.4 Å². The number of amides is 2. The van der Waals surface area contributed by atoms with Gasteiger partial charge < -0.3 is 19.6 Å². The zero-order chi connectivity index (χ0) is 28.1. The summed E-state index contributed by atoms with van der Waals surface area (Å²) in [5.74, 6) is -2.33. The fourth-order valence-corrected chi connectivity index (χ4v) is 9.27. The fourth-order valence-electron chi connectivity index (χ4n) is 6.94. The number of hydrogen-bond donors (Lipinski definition) is 1. The Labute approximate surface area is 232 Å². The molecule has 39 heavy (non-hydrogen) atoms. The summed E-state index contributed by atoms with van der Waals surface area (Å²) in [5.41, 5.74) is 1.51. The van der Waals surface area contributed by atoms with Crippen molar-refractivity contribution in [2.45, 2.75) is 68.8 Å². The van der Waals surface area contributed by atoms with E-state index >= 15 is 0 Å². The maximum Gasteiger partial charge on any atom is 0.311 e. The van der Waals surface area contributed by atoms with Crippen LogP contribution in [-0.2, 0) is 25.8 Å². The molecule has 1 aromatic heterocycles. The SMILES string of the molecule is C=CCN(Cn1nnc2ccccc21)C(=O)C1N([C@@H](CO)C(C)C)C(=O)[C@@H]2[C@@H](C(=O)OCC)[C@@]3(C)CCC12S3. The van der Waals surface area contributed by atoms with Crippen molar-refractivity contribution >= 4 is 40.6 Å². The van der Waals surface area contributed by atoms with E-state index in [9.17, 15) is 19.5 Å². The van der Waals surface area contributed by atoms with Crippen LogP contribution in [0.1, 0.15) is 40.5 Å². The number of ether oxygens (including phenoxy) is 1. The number of hydrogen-bond acceptors (Lipinski definition) is 8.